The molecule has 0 unspecified atom stereocenters. The Hall–Kier alpha value is -3.26. The van der Waals surface area contributed by atoms with Gasteiger partial charge in [-0.15, -0.1) is 0 Å². The third-order valence-corrected chi connectivity index (χ3v) is 6.19. The van der Waals surface area contributed by atoms with Crippen molar-refractivity contribution in [1.82, 2.24) is 24.8 Å². The minimum absolute atomic E-state index is 0.181. The molecule has 8 heteroatoms. The lowest BCUT2D eigenvalue weighted by atomic mass is 10.1. The van der Waals surface area contributed by atoms with E-state index in [2.05, 4.69) is 50.8 Å². The molecule has 3 aromatic rings. The average Bonchev–Trinajstić information content (AvgIpc) is 3.09. The van der Waals surface area contributed by atoms with E-state index >= 15 is 0 Å². The largest absolute Gasteiger partial charge is 0.338 e. The van der Waals surface area contributed by atoms with Crippen LogP contribution in [-0.2, 0) is 6.42 Å². The Kier molecular flexibility index (Phi) is 4.94. The zero-order valence-corrected chi connectivity index (χ0v) is 18.2. The number of H-pyrrole nitrogens is 1. The molecule has 1 N–H and O–H groups in total. The van der Waals surface area contributed by atoms with Crippen LogP contribution in [0.2, 0.25) is 0 Å². The number of fused-ring (bicyclic) bond motifs is 1. The molecule has 160 valence electrons. The second-order valence-electron chi connectivity index (χ2n) is 8.47. The number of anilines is 3. The Morgan fingerprint density at radius 1 is 1.10 bits per heavy atom. The van der Waals surface area contributed by atoms with Gasteiger partial charge in [0, 0.05) is 55.7 Å². The molecule has 1 saturated heterocycles. The Morgan fingerprint density at radius 2 is 1.87 bits per heavy atom. The molecule has 2 aliphatic heterocycles. The van der Waals surface area contributed by atoms with Crippen LogP contribution in [0, 0.1) is 6.92 Å². The number of benzene rings is 1. The van der Waals surface area contributed by atoms with E-state index in [-0.39, 0.29) is 11.6 Å². The van der Waals surface area contributed by atoms with Crippen molar-refractivity contribution in [3.8, 4) is 11.3 Å². The number of piperazine rings is 1. The normalized spacial score (nSPS) is 19.0. The molecule has 5 rings (SSSR count). The molecule has 31 heavy (non-hydrogen) atoms. The van der Waals surface area contributed by atoms with Crippen LogP contribution in [0.3, 0.4) is 0 Å². The number of para-hydroxylation sites is 1. The molecule has 0 radical (unpaired) electrons. The molecular formula is C23H27N7O. The van der Waals surface area contributed by atoms with Crippen molar-refractivity contribution < 1.29 is 0 Å². The van der Waals surface area contributed by atoms with Gasteiger partial charge in [-0.3, -0.25) is 9.78 Å². The van der Waals surface area contributed by atoms with Gasteiger partial charge in [0.25, 0.3) is 5.56 Å². The van der Waals surface area contributed by atoms with Crippen molar-refractivity contribution in [3.05, 3.63) is 58.1 Å². The monoisotopic (exact) mass is 417 g/mol. The van der Waals surface area contributed by atoms with E-state index in [1.807, 2.05) is 19.1 Å². The molecule has 0 amide bonds. The molecule has 0 spiro atoms. The number of nitrogens with zero attached hydrogens (tertiary/aromatic N) is 6. The van der Waals surface area contributed by atoms with E-state index < -0.39 is 0 Å². The highest BCUT2D eigenvalue weighted by atomic mass is 16.1. The Balaban J connectivity index is 1.49. The Morgan fingerprint density at radius 3 is 2.65 bits per heavy atom. The zero-order chi connectivity index (χ0) is 21.5. The minimum Gasteiger partial charge on any atom is -0.338 e. The molecule has 1 atom stereocenters. The number of aromatic amines is 1. The van der Waals surface area contributed by atoms with Gasteiger partial charge in [-0.05, 0) is 38.9 Å². The predicted octanol–water partition coefficient (Wildman–Crippen LogP) is 2.37. The van der Waals surface area contributed by atoms with Gasteiger partial charge in [-0.2, -0.15) is 0 Å². The molecular weight excluding hydrogens is 390 g/mol. The zero-order valence-electron chi connectivity index (χ0n) is 18.2. The maximum absolute atomic E-state index is 12.5. The summed E-state index contributed by atoms with van der Waals surface area (Å²) in [5, 5.41) is 0. The van der Waals surface area contributed by atoms with Crippen LogP contribution in [-0.4, -0.2) is 64.1 Å². The van der Waals surface area contributed by atoms with Gasteiger partial charge in [0.15, 0.2) is 0 Å². The average molecular weight is 418 g/mol. The fourth-order valence-electron chi connectivity index (χ4n) is 4.45. The van der Waals surface area contributed by atoms with Crippen molar-refractivity contribution in [1.29, 1.82) is 0 Å². The van der Waals surface area contributed by atoms with Crippen LogP contribution in [0.15, 0.2) is 41.3 Å². The lowest BCUT2D eigenvalue weighted by Gasteiger charge is -2.32. The number of hydrogen-bond acceptors (Lipinski definition) is 7. The van der Waals surface area contributed by atoms with E-state index in [1.54, 1.807) is 6.20 Å². The molecule has 1 fully saturated rings. The SMILES string of the molecule is Cc1nc(N2CCN(C)CC2)ncc1-c1cc(=O)[nH]c(N2c3ccccc3C[C@@H]2C)n1. The summed E-state index contributed by atoms with van der Waals surface area (Å²) in [7, 11) is 2.13. The third-order valence-electron chi connectivity index (χ3n) is 6.19. The number of rotatable bonds is 3. The quantitative estimate of drug-likeness (QED) is 0.701. The fraction of sp³-hybridized carbons (Fsp3) is 0.391. The van der Waals surface area contributed by atoms with Crippen LogP contribution in [0.5, 0.6) is 0 Å². The van der Waals surface area contributed by atoms with Crippen molar-refractivity contribution in [2.24, 2.45) is 0 Å². The van der Waals surface area contributed by atoms with Gasteiger partial charge < -0.3 is 14.7 Å². The van der Waals surface area contributed by atoms with Gasteiger partial charge in [0.1, 0.15) is 0 Å². The third kappa shape index (κ3) is 3.67. The van der Waals surface area contributed by atoms with E-state index in [0.717, 1.165) is 55.5 Å². The lowest BCUT2D eigenvalue weighted by molar-refractivity contribution is 0.311. The highest BCUT2D eigenvalue weighted by molar-refractivity contribution is 5.69. The summed E-state index contributed by atoms with van der Waals surface area (Å²) in [5.41, 5.74) is 4.37. The second-order valence-corrected chi connectivity index (χ2v) is 8.47. The topological polar surface area (TPSA) is 81.2 Å². The van der Waals surface area contributed by atoms with E-state index in [0.29, 0.717) is 11.6 Å². The van der Waals surface area contributed by atoms with Crippen molar-refractivity contribution in [3.63, 3.8) is 0 Å². The Labute approximate surface area is 181 Å². The minimum atomic E-state index is -0.181. The molecule has 4 heterocycles. The number of likely N-dealkylation sites (N-methyl/N-ethyl adjacent to an activating group) is 1. The maximum Gasteiger partial charge on any atom is 0.252 e. The first-order valence-corrected chi connectivity index (χ1v) is 10.8. The fourth-order valence-corrected chi connectivity index (χ4v) is 4.45. The summed E-state index contributed by atoms with van der Waals surface area (Å²) in [5.74, 6) is 1.30. The molecule has 8 nitrogen and oxygen atoms in total. The van der Waals surface area contributed by atoms with Crippen molar-refractivity contribution >= 4 is 17.6 Å². The second kappa shape index (κ2) is 7.77. The van der Waals surface area contributed by atoms with E-state index in [9.17, 15) is 4.79 Å². The molecule has 0 saturated carbocycles. The molecule has 0 aliphatic carbocycles. The molecule has 0 bridgehead atoms. The molecule has 2 aliphatic rings. The van der Waals surface area contributed by atoms with Gasteiger partial charge in [-0.1, -0.05) is 18.2 Å². The first kappa shape index (κ1) is 19.7. The van der Waals surface area contributed by atoms with E-state index in [1.165, 1.54) is 11.6 Å². The van der Waals surface area contributed by atoms with Crippen LogP contribution >= 0.6 is 0 Å². The smallest absolute Gasteiger partial charge is 0.252 e. The van der Waals surface area contributed by atoms with Crippen LogP contribution in [0.1, 0.15) is 18.2 Å². The van der Waals surface area contributed by atoms with E-state index in [4.69, 9.17) is 9.97 Å². The predicted molar refractivity (Wildman–Crippen MR) is 122 cm³/mol. The van der Waals surface area contributed by atoms with Gasteiger partial charge in [0.05, 0.1) is 11.4 Å². The summed E-state index contributed by atoms with van der Waals surface area (Å²) in [6.45, 7) is 7.92. The summed E-state index contributed by atoms with van der Waals surface area (Å²) < 4.78 is 0. The highest BCUT2D eigenvalue weighted by Crippen LogP contribution is 2.36. The van der Waals surface area contributed by atoms with Crippen LogP contribution in [0.25, 0.3) is 11.3 Å². The highest BCUT2D eigenvalue weighted by Gasteiger charge is 2.29. The summed E-state index contributed by atoms with van der Waals surface area (Å²) >= 11 is 0. The number of hydrogen-bond donors (Lipinski definition) is 1. The number of aryl methyl sites for hydroxylation is 1. The van der Waals surface area contributed by atoms with Crippen LogP contribution in [0.4, 0.5) is 17.6 Å². The van der Waals surface area contributed by atoms with Gasteiger partial charge in [-0.25, -0.2) is 15.0 Å². The summed E-state index contributed by atoms with van der Waals surface area (Å²) in [6, 6.07) is 10.0. The standard InChI is InChI=1S/C23H27N7O/c1-15-12-17-6-4-5-7-20(17)30(15)23-26-19(13-21(31)27-23)18-14-24-22(25-16(18)2)29-10-8-28(3)9-11-29/h4-7,13-15H,8-12H2,1-3H3,(H,26,27,31)/t15-/m0/s1. The maximum atomic E-state index is 12.5. The number of nitrogens with one attached hydrogen (secondary N) is 1. The molecule has 2 aromatic heterocycles. The summed E-state index contributed by atoms with van der Waals surface area (Å²) in [6.07, 6.45) is 2.72. The first-order chi connectivity index (χ1) is 15.0. The number of aromatic nitrogens is 4. The molecule has 1 aromatic carbocycles. The van der Waals surface area contributed by atoms with Gasteiger partial charge in [0.2, 0.25) is 11.9 Å². The van der Waals surface area contributed by atoms with Crippen LogP contribution < -0.4 is 15.4 Å². The van der Waals surface area contributed by atoms with Crippen molar-refractivity contribution in [2.45, 2.75) is 26.3 Å². The lowest BCUT2D eigenvalue weighted by Crippen LogP contribution is -2.45. The van der Waals surface area contributed by atoms with Crippen molar-refractivity contribution in [2.75, 3.05) is 43.0 Å². The van der Waals surface area contributed by atoms with Gasteiger partial charge >= 0.3 is 0 Å². The first-order valence-electron chi connectivity index (χ1n) is 10.8. The summed E-state index contributed by atoms with van der Waals surface area (Å²) in [4.78, 5) is 36.2. The Bertz CT molecular complexity index is 1170.